The Labute approximate surface area is 245 Å². The van der Waals surface area contributed by atoms with Gasteiger partial charge in [0.1, 0.15) is 11.8 Å². The Bertz CT molecular complexity index is 1780. The standard InChI is InChI=1S/C32H24Cl2N2O5/c1-18(24-4-2-3-5-26(24)34)40-31(39)36-27-25-16-23(33)17-35-29(25)41-28(27)21-8-6-19(7-9-21)20-10-12-22(13-11-20)32(14-15-32)30(37)38/h2-13,16-18H,14-15H2,1H3,(H,36,39)(H,37,38)/t18-/m1/s1. The molecule has 5 aromatic rings. The number of ether oxygens (including phenoxy) is 1. The molecular formula is C32H24Cl2N2O5. The topological polar surface area (TPSA) is 102 Å². The van der Waals surface area contributed by atoms with Crippen molar-refractivity contribution < 1.29 is 23.8 Å². The summed E-state index contributed by atoms with van der Waals surface area (Å²) in [6.07, 6.45) is 1.52. The van der Waals surface area contributed by atoms with E-state index in [0.29, 0.717) is 56.6 Å². The molecule has 7 nitrogen and oxygen atoms in total. The van der Waals surface area contributed by atoms with Crippen LogP contribution >= 0.6 is 23.2 Å². The first-order valence-corrected chi connectivity index (χ1v) is 13.8. The summed E-state index contributed by atoms with van der Waals surface area (Å²) in [6.45, 7) is 1.74. The van der Waals surface area contributed by atoms with Gasteiger partial charge in [-0.15, -0.1) is 0 Å². The van der Waals surface area contributed by atoms with Crippen LogP contribution in [0.3, 0.4) is 0 Å². The highest BCUT2D eigenvalue weighted by Crippen LogP contribution is 2.48. The average molecular weight is 587 g/mol. The summed E-state index contributed by atoms with van der Waals surface area (Å²) in [5.74, 6) is -0.376. The maximum Gasteiger partial charge on any atom is 0.412 e. The van der Waals surface area contributed by atoms with Crippen LogP contribution in [0.15, 0.2) is 89.5 Å². The number of amides is 1. The summed E-state index contributed by atoms with van der Waals surface area (Å²) in [7, 11) is 0. The Morgan fingerprint density at radius 3 is 2.24 bits per heavy atom. The molecule has 1 aliphatic carbocycles. The minimum atomic E-state index is -0.775. The zero-order valence-corrected chi connectivity index (χ0v) is 23.4. The summed E-state index contributed by atoms with van der Waals surface area (Å²) in [5.41, 5.74) is 4.07. The number of carbonyl (C=O) groups is 2. The lowest BCUT2D eigenvalue weighted by molar-refractivity contribution is -0.140. The average Bonchev–Trinajstić information content (AvgIpc) is 3.72. The van der Waals surface area contributed by atoms with Crippen molar-refractivity contribution in [3.63, 3.8) is 0 Å². The van der Waals surface area contributed by atoms with Gasteiger partial charge in [-0.3, -0.25) is 10.1 Å². The van der Waals surface area contributed by atoms with Crippen LogP contribution in [-0.4, -0.2) is 22.2 Å². The molecule has 0 unspecified atom stereocenters. The molecule has 41 heavy (non-hydrogen) atoms. The summed E-state index contributed by atoms with van der Waals surface area (Å²) in [6, 6.07) is 24.1. The molecular weight excluding hydrogens is 563 g/mol. The molecule has 0 aliphatic heterocycles. The van der Waals surface area contributed by atoms with Gasteiger partial charge < -0.3 is 14.3 Å². The van der Waals surface area contributed by atoms with E-state index in [9.17, 15) is 14.7 Å². The molecule has 3 aromatic carbocycles. The molecule has 2 heterocycles. The van der Waals surface area contributed by atoms with Gasteiger partial charge in [0.2, 0.25) is 5.71 Å². The van der Waals surface area contributed by atoms with Crippen LogP contribution in [0.5, 0.6) is 0 Å². The van der Waals surface area contributed by atoms with E-state index in [0.717, 1.165) is 16.7 Å². The molecule has 0 spiro atoms. The van der Waals surface area contributed by atoms with Gasteiger partial charge in [0.25, 0.3) is 0 Å². The monoisotopic (exact) mass is 586 g/mol. The maximum atomic E-state index is 13.0. The maximum absolute atomic E-state index is 13.0. The molecule has 1 atom stereocenters. The minimum Gasteiger partial charge on any atom is -0.481 e. The van der Waals surface area contributed by atoms with E-state index in [4.69, 9.17) is 32.4 Å². The van der Waals surface area contributed by atoms with Gasteiger partial charge >= 0.3 is 12.1 Å². The van der Waals surface area contributed by atoms with Gasteiger partial charge in [-0.1, -0.05) is 89.9 Å². The molecule has 1 aliphatic rings. The van der Waals surface area contributed by atoms with E-state index in [1.54, 1.807) is 25.1 Å². The zero-order chi connectivity index (χ0) is 28.7. The number of aromatic nitrogens is 1. The van der Waals surface area contributed by atoms with Crippen LogP contribution in [0.2, 0.25) is 10.0 Å². The second-order valence-electron chi connectivity index (χ2n) is 10.0. The molecule has 1 amide bonds. The highest BCUT2D eigenvalue weighted by atomic mass is 35.5. The second kappa shape index (κ2) is 10.6. The molecule has 1 saturated carbocycles. The highest BCUT2D eigenvalue weighted by molar-refractivity contribution is 6.31. The molecule has 1 fully saturated rings. The Balaban J connectivity index is 1.28. The van der Waals surface area contributed by atoms with Crippen molar-refractivity contribution in [2.24, 2.45) is 0 Å². The van der Waals surface area contributed by atoms with Crippen molar-refractivity contribution in [2.45, 2.75) is 31.3 Å². The quantitative estimate of drug-likeness (QED) is 0.197. The van der Waals surface area contributed by atoms with E-state index >= 15 is 0 Å². The van der Waals surface area contributed by atoms with E-state index in [1.165, 1.54) is 6.20 Å². The molecule has 2 N–H and O–H groups in total. The number of nitrogens with zero attached hydrogens (tertiary/aromatic N) is 1. The molecule has 206 valence electrons. The predicted molar refractivity (Wildman–Crippen MR) is 158 cm³/mol. The number of rotatable bonds is 7. The van der Waals surface area contributed by atoms with Crippen LogP contribution in [0.1, 0.15) is 37.0 Å². The fourth-order valence-corrected chi connectivity index (χ4v) is 5.44. The number of hydrogen-bond acceptors (Lipinski definition) is 5. The van der Waals surface area contributed by atoms with E-state index in [-0.39, 0.29) is 0 Å². The Hall–Kier alpha value is -4.33. The third-order valence-electron chi connectivity index (χ3n) is 7.44. The van der Waals surface area contributed by atoms with Gasteiger partial charge in [0, 0.05) is 22.3 Å². The summed E-state index contributed by atoms with van der Waals surface area (Å²) in [5, 5.41) is 13.8. The van der Waals surface area contributed by atoms with Crippen molar-refractivity contribution in [1.82, 2.24) is 4.98 Å². The van der Waals surface area contributed by atoms with Crippen LogP contribution in [-0.2, 0) is 14.9 Å². The Kier molecular flexibility index (Phi) is 6.93. The Morgan fingerprint density at radius 2 is 1.61 bits per heavy atom. The number of carbonyl (C=O) groups excluding carboxylic acids is 1. The summed E-state index contributed by atoms with van der Waals surface area (Å²) in [4.78, 5) is 28.9. The number of fused-ring (bicyclic) bond motifs is 1. The van der Waals surface area contributed by atoms with Crippen molar-refractivity contribution in [3.8, 4) is 22.5 Å². The van der Waals surface area contributed by atoms with E-state index < -0.39 is 23.6 Å². The lowest BCUT2D eigenvalue weighted by atomic mass is 9.93. The number of halogens is 2. The van der Waals surface area contributed by atoms with Crippen molar-refractivity contribution >= 4 is 52.1 Å². The van der Waals surface area contributed by atoms with Crippen LogP contribution in [0.25, 0.3) is 33.6 Å². The highest BCUT2D eigenvalue weighted by Gasteiger charge is 2.51. The molecule has 0 radical (unpaired) electrons. The fraction of sp³-hybridized carbons (Fsp3) is 0.156. The molecule has 0 bridgehead atoms. The first kappa shape index (κ1) is 26.9. The van der Waals surface area contributed by atoms with Gasteiger partial charge in [0.15, 0.2) is 5.76 Å². The number of carboxylic acids is 1. The summed E-state index contributed by atoms with van der Waals surface area (Å²) >= 11 is 12.5. The van der Waals surface area contributed by atoms with Gasteiger partial charge in [-0.2, -0.15) is 0 Å². The van der Waals surface area contributed by atoms with E-state index in [1.807, 2.05) is 60.7 Å². The van der Waals surface area contributed by atoms with Crippen LogP contribution in [0, 0.1) is 0 Å². The van der Waals surface area contributed by atoms with Gasteiger partial charge in [-0.25, -0.2) is 9.78 Å². The molecule has 0 saturated heterocycles. The van der Waals surface area contributed by atoms with Crippen molar-refractivity contribution in [2.75, 3.05) is 5.32 Å². The second-order valence-corrected chi connectivity index (χ2v) is 10.9. The fourth-order valence-electron chi connectivity index (χ4n) is 4.99. The zero-order valence-electron chi connectivity index (χ0n) is 21.9. The predicted octanol–water partition coefficient (Wildman–Crippen LogP) is 8.89. The molecule has 2 aromatic heterocycles. The SMILES string of the molecule is C[C@@H](OC(=O)Nc1c(-c2ccc(-c3ccc(C4(C(=O)O)CC4)cc3)cc2)oc2ncc(Cl)cc12)c1ccccc1Cl. The smallest absolute Gasteiger partial charge is 0.412 e. The first-order valence-electron chi connectivity index (χ1n) is 13.0. The van der Waals surface area contributed by atoms with E-state index in [2.05, 4.69) is 10.3 Å². The number of nitrogens with one attached hydrogen (secondary N) is 1. The molecule has 6 rings (SSSR count). The largest absolute Gasteiger partial charge is 0.481 e. The normalized spacial score (nSPS) is 14.4. The number of anilines is 1. The number of carboxylic acid groups (broad SMARTS) is 1. The van der Waals surface area contributed by atoms with Crippen molar-refractivity contribution in [3.05, 3.63) is 106 Å². The molecule has 9 heteroatoms. The van der Waals surface area contributed by atoms with Gasteiger partial charge in [0.05, 0.1) is 15.8 Å². The number of furan rings is 1. The number of benzene rings is 3. The third kappa shape index (κ3) is 5.14. The third-order valence-corrected chi connectivity index (χ3v) is 8.00. The summed E-state index contributed by atoms with van der Waals surface area (Å²) < 4.78 is 11.7. The number of aliphatic carboxylic acids is 1. The lowest BCUT2D eigenvalue weighted by Crippen LogP contribution is -2.19. The first-order chi connectivity index (χ1) is 19.7. The lowest BCUT2D eigenvalue weighted by Gasteiger charge is -2.15. The van der Waals surface area contributed by atoms with Gasteiger partial charge in [-0.05, 0) is 48.6 Å². The number of pyridine rings is 1. The Morgan fingerprint density at radius 1 is 0.976 bits per heavy atom. The van der Waals surface area contributed by atoms with Crippen LogP contribution < -0.4 is 5.32 Å². The number of hydrogen-bond donors (Lipinski definition) is 2. The van der Waals surface area contributed by atoms with Crippen molar-refractivity contribution in [1.29, 1.82) is 0 Å². The van der Waals surface area contributed by atoms with Crippen LogP contribution in [0.4, 0.5) is 10.5 Å². The minimum absolute atomic E-state index is 0.311.